The summed E-state index contributed by atoms with van der Waals surface area (Å²) in [5, 5.41) is 13.6. The maximum atomic E-state index is 13.0. The molecule has 0 saturated carbocycles. The van der Waals surface area contributed by atoms with Crippen LogP contribution in [-0.2, 0) is 14.3 Å². The lowest BCUT2D eigenvalue weighted by molar-refractivity contribution is -0.143. The van der Waals surface area contributed by atoms with Crippen molar-refractivity contribution in [2.24, 2.45) is 5.92 Å². The summed E-state index contributed by atoms with van der Waals surface area (Å²) in [4.78, 5) is 36.2. The quantitative estimate of drug-likeness (QED) is 0.528. The van der Waals surface area contributed by atoms with Gasteiger partial charge in [-0.2, -0.15) is 0 Å². The number of carbonyl (C=O) groups excluding carboxylic acids is 2. The van der Waals surface area contributed by atoms with Crippen molar-refractivity contribution in [3.05, 3.63) is 59.7 Å². The fourth-order valence-electron chi connectivity index (χ4n) is 3.96. The molecule has 0 fully saturated rings. The molecule has 0 aliphatic heterocycles. The molecule has 2 unspecified atom stereocenters. The SMILES string of the molecule is CC(C)C(NC(=O)C(CC(F)F)NC(=O)OCC1c2ccccc2-c2ccccc21)C(=O)O. The number of alkyl carbamates (subject to hydrolysis) is 1. The standard InChI is InChI=1S/C24H26F2N2O5/c1-13(2)21(23(30)31)28-22(29)19(11-20(25)26)27-24(32)33-12-18-16-9-5-3-7-14(16)15-8-4-6-10-17(15)18/h3-10,13,18-21H,11-12H2,1-2H3,(H,27,32)(H,28,29)(H,30,31). The number of amides is 2. The number of fused-ring (bicyclic) bond motifs is 3. The molecular weight excluding hydrogens is 434 g/mol. The molecule has 2 atom stereocenters. The second-order valence-corrected chi connectivity index (χ2v) is 8.22. The van der Waals surface area contributed by atoms with Crippen molar-refractivity contribution in [3.63, 3.8) is 0 Å². The molecule has 1 aliphatic rings. The van der Waals surface area contributed by atoms with E-state index >= 15 is 0 Å². The van der Waals surface area contributed by atoms with Crippen LogP contribution in [0.25, 0.3) is 11.1 Å². The lowest BCUT2D eigenvalue weighted by Gasteiger charge is -2.23. The third kappa shape index (κ3) is 5.66. The van der Waals surface area contributed by atoms with Gasteiger partial charge in [0.1, 0.15) is 18.7 Å². The van der Waals surface area contributed by atoms with Crippen LogP contribution in [0.5, 0.6) is 0 Å². The summed E-state index contributed by atoms with van der Waals surface area (Å²) < 4.78 is 31.4. The van der Waals surface area contributed by atoms with E-state index < -0.39 is 48.8 Å². The lowest BCUT2D eigenvalue weighted by Crippen LogP contribution is -2.53. The van der Waals surface area contributed by atoms with E-state index in [1.165, 1.54) is 0 Å². The van der Waals surface area contributed by atoms with Gasteiger partial charge in [-0.3, -0.25) is 4.79 Å². The Kier molecular flexibility index (Phi) is 7.63. The van der Waals surface area contributed by atoms with Crippen LogP contribution in [-0.4, -0.2) is 48.2 Å². The number of halogens is 2. The van der Waals surface area contributed by atoms with Gasteiger partial charge in [-0.25, -0.2) is 18.4 Å². The molecule has 0 saturated heterocycles. The van der Waals surface area contributed by atoms with Gasteiger partial charge in [0.2, 0.25) is 12.3 Å². The Balaban J connectivity index is 1.67. The van der Waals surface area contributed by atoms with Gasteiger partial charge in [0.15, 0.2) is 0 Å². The molecule has 33 heavy (non-hydrogen) atoms. The third-order valence-electron chi connectivity index (χ3n) is 5.60. The van der Waals surface area contributed by atoms with E-state index in [-0.39, 0.29) is 12.5 Å². The summed E-state index contributed by atoms with van der Waals surface area (Å²) in [5.74, 6) is -3.02. The molecule has 2 aromatic carbocycles. The van der Waals surface area contributed by atoms with Crippen molar-refractivity contribution >= 4 is 18.0 Å². The van der Waals surface area contributed by atoms with E-state index in [4.69, 9.17) is 4.74 Å². The molecule has 0 spiro atoms. The Morgan fingerprint density at radius 3 is 2.00 bits per heavy atom. The fourth-order valence-corrected chi connectivity index (χ4v) is 3.96. The highest BCUT2D eigenvalue weighted by Gasteiger charge is 2.32. The number of ether oxygens (including phenoxy) is 1. The molecule has 0 heterocycles. The molecule has 9 heteroatoms. The maximum Gasteiger partial charge on any atom is 0.407 e. The first-order chi connectivity index (χ1) is 15.7. The van der Waals surface area contributed by atoms with Crippen LogP contribution < -0.4 is 10.6 Å². The maximum absolute atomic E-state index is 13.0. The zero-order valence-corrected chi connectivity index (χ0v) is 18.3. The number of aliphatic carboxylic acids is 1. The molecule has 0 radical (unpaired) electrons. The van der Waals surface area contributed by atoms with Crippen LogP contribution in [0.2, 0.25) is 0 Å². The number of alkyl halides is 2. The highest BCUT2D eigenvalue weighted by atomic mass is 19.3. The van der Waals surface area contributed by atoms with Gasteiger partial charge in [-0.15, -0.1) is 0 Å². The molecule has 2 amide bonds. The summed E-state index contributed by atoms with van der Waals surface area (Å²) in [6, 6.07) is 12.5. The van der Waals surface area contributed by atoms with Crippen LogP contribution in [0.15, 0.2) is 48.5 Å². The molecule has 3 N–H and O–H groups in total. The molecule has 3 rings (SSSR count). The van der Waals surface area contributed by atoms with Gasteiger partial charge in [-0.1, -0.05) is 62.4 Å². The fraction of sp³-hybridized carbons (Fsp3) is 0.375. The largest absolute Gasteiger partial charge is 0.480 e. The van der Waals surface area contributed by atoms with Gasteiger partial charge in [0.25, 0.3) is 0 Å². The van der Waals surface area contributed by atoms with E-state index in [2.05, 4.69) is 10.6 Å². The lowest BCUT2D eigenvalue weighted by atomic mass is 9.98. The predicted molar refractivity (Wildman–Crippen MR) is 117 cm³/mol. The van der Waals surface area contributed by atoms with E-state index in [0.717, 1.165) is 22.3 Å². The van der Waals surface area contributed by atoms with Crippen molar-refractivity contribution < 1.29 is 33.0 Å². The zero-order valence-electron chi connectivity index (χ0n) is 18.3. The summed E-state index contributed by atoms with van der Waals surface area (Å²) in [6.45, 7) is 3.09. The van der Waals surface area contributed by atoms with Crippen molar-refractivity contribution in [2.75, 3.05) is 6.61 Å². The Morgan fingerprint density at radius 2 is 1.52 bits per heavy atom. The average molecular weight is 460 g/mol. The zero-order chi connectivity index (χ0) is 24.1. The highest BCUT2D eigenvalue weighted by molar-refractivity contribution is 5.89. The van der Waals surface area contributed by atoms with Crippen LogP contribution in [0.1, 0.15) is 37.3 Å². The second-order valence-electron chi connectivity index (χ2n) is 8.22. The average Bonchev–Trinajstić information content (AvgIpc) is 3.08. The molecule has 0 bridgehead atoms. The normalized spacial score (nSPS) is 14.4. The smallest absolute Gasteiger partial charge is 0.407 e. The van der Waals surface area contributed by atoms with Crippen molar-refractivity contribution in [1.82, 2.24) is 10.6 Å². The van der Waals surface area contributed by atoms with Crippen molar-refractivity contribution in [3.8, 4) is 11.1 Å². The predicted octanol–water partition coefficient (Wildman–Crippen LogP) is 3.77. The first kappa shape index (κ1) is 24.2. The summed E-state index contributed by atoms with van der Waals surface area (Å²) >= 11 is 0. The number of hydrogen-bond donors (Lipinski definition) is 3. The van der Waals surface area contributed by atoms with E-state index in [1.807, 2.05) is 48.5 Å². The molecular formula is C24H26F2N2O5. The van der Waals surface area contributed by atoms with Crippen LogP contribution in [0.3, 0.4) is 0 Å². The van der Waals surface area contributed by atoms with Gasteiger partial charge < -0.3 is 20.5 Å². The first-order valence-corrected chi connectivity index (χ1v) is 10.6. The third-order valence-corrected chi connectivity index (χ3v) is 5.60. The van der Waals surface area contributed by atoms with Gasteiger partial charge in [-0.05, 0) is 28.2 Å². The van der Waals surface area contributed by atoms with Crippen molar-refractivity contribution in [2.45, 2.75) is 44.7 Å². The van der Waals surface area contributed by atoms with E-state index in [0.29, 0.717) is 0 Å². The minimum Gasteiger partial charge on any atom is -0.480 e. The Bertz CT molecular complexity index is 982. The molecule has 0 aromatic heterocycles. The van der Waals surface area contributed by atoms with Crippen LogP contribution in [0.4, 0.5) is 13.6 Å². The van der Waals surface area contributed by atoms with Gasteiger partial charge in [0.05, 0.1) is 0 Å². The Labute approximate surface area is 190 Å². The number of nitrogens with one attached hydrogen (secondary N) is 2. The minimum atomic E-state index is -2.89. The van der Waals surface area contributed by atoms with Crippen LogP contribution >= 0.6 is 0 Å². The second kappa shape index (κ2) is 10.4. The first-order valence-electron chi connectivity index (χ1n) is 10.6. The van der Waals surface area contributed by atoms with Gasteiger partial charge >= 0.3 is 12.1 Å². The number of hydrogen-bond acceptors (Lipinski definition) is 4. The highest BCUT2D eigenvalue weighted by Crippen LogP contribution is 2.44. The monoisotopic (exact) mass is 460 g/mol. The number of rotatable bonds is 9. The minimum absolute atomic E-state index is 0.0490. The summed E-state index contributed by atoms with van der Waals surface area (Å²) in [5.41, 5.74) is 4.03. The molecule has 1 aliphatic carbocycles. The molecule has 7 nitrogen and oxygen atoms in total. The van der Waals surface area contributed by atoms with Crippen LogP contribution in [0, 0.1) is 5.92 Å². The number of carbonyl (C=O) groups is 3. The molecule has 176 valence electrons. The van der Waals surface area contributed by atoms with E-state index in [9.17, 15) is 28.3 Å². The number of carboxylic acid groups (broad SMARTS) is 1. The van der Waals surface area contributed by atoms with E-state index in [1.54, 1.807) is 13.8 Å². The van der Waals surface area contributed by atoms with Crippen molar-refractivity contribution in [1.29, 1.82) is 0 Å². The Morgan fingerprint density at radius 1 is 0.970 bits per heavy atom. The summed E-state index contributed by atoms with van der Waals surface area (Å²) in [6.07, 6.45) is -4.90. The number of carboxylic acids is 1. The topological polar surface area (TPSA) is 105 Å². The summed E-state index contributed by atoms with van der Waals surface area (Å²) in [7, 11) is 0. The Hall–Kier alpha value is -3.49. The number of benzene rings is 2. The van der Waals surface area contributed by atoms with Gasteiger partial charge in [0, 0.05) is 12.3 Å². The molecule has 2 aromatic rings.